The Morgan fingerprint density at radius 2 is 1.76 bits per heavy atom. The monoisotopic (exact) mass is 584 g/mol. The minimum atomic E-state index is -3.31. The molecule has 0 aliphatic carbocycles. The molecule has 0 saturated carbocycles. The van der Waals surface area contributed by atoms with Crippen LogP contribution in [0.1, 0.15) is 56.2 Å². The number of hydroxylamine groups is 2. The molecule has 0 aromatic heterocycles. The molecule has 1 heterocycles. The average Bonchev–Trinajstić information content (AvgIpc) is 2.86. The molecule has 206 valence electrons. The van der Waals surface area contributed by atoms with Gasteiger partial charge in [0.1, 0.15) is 6.04 Å². The SMILES string of the molecule is CCOC(=O)C(CC)N1C(=O)C(CC(=O)N(C)O[SH](=O)=O)CC(c2cccc(Cl)c2)C1c1ccc(Cl)cc1. The Balaban J connectivity index is 2.15. The molecule has 1 saturated heterocycles. The summed E-state index contributed by atoms with van der Waals surface area (Å²) in [5.41, 5.74) is 1.57. The van der Waals surface area contributed by atoms with Gasteiger partial charge in [-0.25, -0.2) is 18.3 Å². The third-order valence-electron chi connectivity index (χ3n) is 6.55. The zero-order chi connectivity index (χ0) is 28.0. The van der Waals surface area contributed by atoms with Crippen LogP contribution in [0.4, 0.5) is 0 Å². The molecule has 38 heavy (non-hydrogen) atoms. The summed E-state index contributed by atoms with van der Waals surface area (Å²) in [6.45, 7) is 3.60. The van der Waals surface area contributed by atoms with Gasteiger partial charge in [0, 0.05) is 35.3 Å². The van der Waals surface area contributed by atoms with Gasteiger partial charge >= 0.3 is 5.97 Å². The van der Waals surface area contributed by atoms with Crippen molar-refractivity contribution in [2.45, 2.75) is 51.1 Å². The van der Waals surface area contributed by atoms with Gasteiger partial charge in [-0.1, -0.05) is 54.4 Å². The van der Waals surface area contributed by atoms with Gasteiger partial charge in [0.2, 0.25) is 11.8 Å². The molecule has 3 rings (SSSR count). The number of benzene rings is 2. The Labute approximate surface area is 233 Å². The minimum Gasteiger partial charge on any atom is -0.464 e. The third-order valence-corrected chi connectivity index (χ3v) is 7.42. The second kappa shape index (κ2) is 13.4. The molecule has 1 aliphatic heterocycles. The number of piperidine rings is 1. The van der Waals surface area contributed by atoms with Gasteiger partial charge in [-0.05, 0) is 55.2 Å². The predicted molar refractivity (Wildman–Crippen MR) is 143 cm³/mol. The Bertz CT molecular complexity index is 1230. The van der Waals surface area contributed by atoms with Gasteiger partial charge in [0.25, 0.3) is 11.0 Å². The number of rotatable bonds is 10. The average molecular weight is 586 g/mol. The first kappa shape index (κ1) is 29.9. The molecule has 4 atom stereocenters. The van der Waals surface area contributed by atoms with E-state index in [-0.39, 0.29) is 31.8 Å². The molecule has 12 heteroatoms. The second-order valence-corrected chi connectivity index (χ2v) is 10.4. The lowest BCUT2D eigenvalue weighted by atomic mass is 9.74. The molecule has 9 nitrogen and oxygen atoms in total. The lowest BCUT2D eigenvalue weighted by molar-refractivity contribution is -0.165. The molecule has 0 spiro atoms. The van der Waals surface area contributed by atoms with E-state index in [1.165, 1.54) is 4.90 Å². The van der Waals surface area contributed by atoms with Crippen molar-refractivity contribution in [3.05, 3.63) is 69.7 Å². The molecular weight excluding hydrogens is 555 g/mol. The normalized spacial score (nSPS) is 20.3. The van der Waals surface area contributed by atoms with Crippen molar-refractivity contribution >= 4 is 52.0 Å². The second-order valence-electron chi connectivity index (χ2n) is 8.91. The standard InChI is InChI=1S/C26H30Cl2N2O7S/c1-4-22(26(33)36-5-2)30-24(16-9-11-19(27)12-10-16)21(17-7-6-8-20(28)13-17)14-18(25(30)32)15-23(31)29(3)37-38(34)35/h6-13,18,21-22,24,38H,4-5,14-15H2,1-3H3. The largest absolute Gasteiger partial charge is 0.464 e. The van der Waals surface area contributed by atoms with Crippen LogP contribution in [0.3, 0.4) is 0 Å². The number of thiol groups is 1. The number of amides is 2. The van der Waals surface area contributed by atoms with Crippen LogP contribution in [0.25, 0.3) is 0 Å². The Kier molecular flexibility index (Phi) is 10.6. The van der Waals surface area contributed by atoms with Crippen molar-refractivity contribution in [2.24, 2.45) is 5.92 Å². The number of hydrogen-bond donors (Lipinski definition) is 1. The van der Waals surface area contributed by atoms with Crippen LogP contribution >= 0.6 is 23.2 Å². The van der Waals surface area contributed by atoms with Crippen LogP contribution in [-0.4, -0.2) is 55.9 Å². The molecule has 0 radical (unpaired) electrons. The van der Waals surface area contributed by atoms with Gasteiger partial charge < -0.3 is 9.64 Å². The van der Waals surface area contributed by atoms with Crippen molar-refractivity contribution in [2.75, 3.05) is 13.7 Å². The topological polar surface area (TPSA) is 110 Å². The zero-order valence-electron chi connectivity index (χ0n) is 21.2. The summed E-state index contributed by atoms with van der Waals surface area (Å²) in [6.07, 6.45) is 0.196. The van der Waals surface area contributed by atoms with Gasteiger partial charge in [-0.3, -0.25) is 9.59 Å². The van der Waals surface area contributed by atoms with E-state index in [1.807, 2.05) is 6.07 Å². The molecule has 4 unspecified atom stereocenters. The predicted octanol–water partition coefficient (Wildman–Crippen LogP) is 4.32. The smallest absolute Gasteiger partial charge is 0.328 e. The van der Waals surface area contributed by atoms with Crippen molar-refractivity contribution in [1.29, 1.82) is 0 Å². The van der Waals surface area contributed by atoms with E-state index in [1.54, 1.807) is 56.3 Å². The molecule has 1 aliphatic rings. The van der Waals surface area contributed by atoms with Crippen LogP contribution in [0.2, 0.25) is 10.0 Å². The summed E-state index contributed by atoms with van der Waals surface area (Å²) in [4.78, 5) is 41.4. The summed E-state index contributed by atoms with van der Waals surface area (Å²) in [5.74, 6) is -2.90. The van der Waals surface area contributed by atoms with Crippen molar-refractivity contribution in [3.63, 3.8) is 0 Å². The quantitative estimate of drug-likeness (QED) is 0.251. The lowest BCUT2D eigenvalue weighted by Crippen LogP contribution is -2.55. The van der Waals surface area contributed by atoms with Gasteiger partial charge in [0.15, 0.2) is 0 Å². The first-order valence-electron chi connectivity index (χ1n) is 12.2. The molecule has 2 aromatic carbocycles. The van der Waals surface area contributed by atoms with Gasteiger partial charge in [-0.2, -0.15) is 0 Å². The maximum absolute atomic E-state index is 14.0. The van der Waals surface area contributed by atoms with E-state index < -0.39 is 46.8 Å². The maximum atomic E-state index is 14.0. The third kappa shape index (κ3) is 7.05. The highest BCUT2D eigenvalue weighted by Crippen LogP contribution is 2.47. The van der Waals surface area contributed by atoms with E-state index in [2.05, 4.69) is 4.28 Å². The number of ether oxygens (including phenoxy) is 1. The van der Waals surface area contributed by atoms with Crippen LogP contribution < -0.4 is 0 Å². The highest BCUT2D eigenvalue weighted by atomic mass is 35.5. The van der Waals surface area contributed by atoms with Crippen molar-refractivity contribution in [3.8, 4) is 0 Å². The molecule has 2 amide bonds. The summed E-state index contributed by atoms with van der Waals surface area (Å²) in [7, 11) is -2.14. The van der Waals surface area contributed by atoms with Crippen molar-refractivity contribution < 1.29 is 31.8 Å². The van der Waals surface area contributed by atoms with E-state index in [9.17, 15) is 22.8 Å². The molecule has 2 aromatic rings. The van der Waals surface area contributed by atoms with Crippen LogP contribution in [0.5, 0.6) is 0 Å². The van der Waals surface area contributed by atoms with Gasteiger partial charge in [-0.15, -0.1) is 4.28 Å². The first-order valence-corrected chi connectivity index (χ1v) is 14.0. The van der Waals surface area contributed by atoms with Crippen LogP contribution in [-0.2, 0) is 34.4 Å². The molecule has 0 bridgehead atoms. The fourth-order valence-corrected chi connectivity index (χ4v) is 5.52. The Morgan fingerprint density at radius 1 is 1.08 bits per heavy atom. The maximum Gasteiger partial charge on any atom is 0.328 e. The number of hydrogen-bond acceptors (Lipinski definition) is 7. The molecule has 1 fully saturated rings. The zero-order valence-corrected chi connectivity index (χ0v) is 23.6. The Morgan fingerprint density at radius 3 is 2.34 bits per heavy atom. The molecular formula is C26H30Cl2N2O7S. The fraction of sp³-hybridized carbons (Fsp3) is 0.423. The highest BCUT2D eigenvalue weighted by molar-refractivity contribution is 7.67. The minimum absolute atomic E-state index is 0.137. The summed E-state index contributed by atoms with van der Waals surface area (Å²) < 4.78 is 31.7. The van der Waals surface area contributed by atoms with Crippen LogP contribution in [0, 0.1) is 5.92 Å². The highest BCUT2D eigenvalue weighted by Gasteiger charge is 2.48. The number of carbonyl (C=O) groups is 3. The fourth-order valence-electron chi connectivity index (χ4n) is 4.90. The first-order chi connectivity index (χ1) is 18.1. The summed E-state index contributed by atoms with van der Waals surface area (Å²) in [6, 6.07) is 12.7. The van der Waals surface area contributed by atoms with E-state index in [4.69, 9.17) is 27.9 Å². The summed E-state index contributed by atoms with van der Waals surface area (Å²) >= 11 is 12.5. The Hall–Kier alpha value is -2.66. The van der Waals surface area contributed by atoms with E-state index in [0.29, 0.717) is 15.1 Å². The number of esters is 1. The lowest BCUT2D eigenvalue weighted by Gasteiger charge is -2.47. The van der Waals surface area contributed by atoms with E-state index >= 15 is 0 Å². The summed E-state index contributed by atoms with van der Waals surface area (Å²) in [5, 5.41) is 1.60. The van der Waals surface area contributed by atoms with Crippen LogP contribution in [0.15, 0.2) is 48.5 Å². The number of carbonyl (C=O) groups excluding carboxylic acids is 3. The van der Waals surface area contributed by atoms with E-state index in [0.717, 1.165) is 18.2 Å². The molecule has 0 N–H and O–H groups in total. The number of halogens is 2. The number of nitrogens with zero attached hydrogens (tertiary/aromatic N) is 2. The van der Waals surface area contributed by atoms with Gasteiger partial charge in [0.05, 0.1) is 12.6 Å². The van der Waals surface area contributed by atoms with Crippen molar-refractivity contribution in [1.82, 2.24) is 9.96 Å². The number of likely N-dealkylation sites (tertiary alicyclic amines) is 1.